The first-order valence-corrected chi connectivity index (χ1v) is 7.11. The summed E-state index contributed by atoms with van der Waals surface area (Å²) in [6.07, 6.45) is 1.96. The zero-order valence-corrected chi connectivity index (χ0v) is 10.8. The highest BCUT2D eigenvalue weighted by molar-refractivity contribution is 7.99. The molecule has 0 bridgehead atoms. The van der Waals surface area contributed by atoms with E-state index in [0.29, 0.717) is 0 Å². The number of carbonyl (C=O) groups excluding carboxylic acids is 1. The lowest BCUT2D eigenvalue weighted by atomic mass is 10.0. The van der Waals surface area contributed by atoms with E-state index in [2.05, 4.69) is 35.6 Å². The van der Waals surface area contributed by atoms with Crippen LogP contribution in [0.4, 0.5) is 5.69 Å². The van der Waals surface area contributed by atoms with Crippen LogP contribution >= 0.6 is 11.8 Å². The van der Waals surface area contributed by atoms with E-state index in [1.165, 1.54) is 5.56 Å². The molecule has 90 valence electrons. The minimum Gasteiger partial charge on any atom is -0.324 e. The molecule has 0 fully saturated rings. The third-order valence-corrected chi connectivity index (χ3v) is 4.11. The van der Waals surface area contributed by atoms with Crippen molar-refractivity contribution in [2.75, 3.05) is 11.6 Å². The molecule has 1 amide bonds. The first-order chi connectivity index (χ1) is 8.79. The Morgan fingerprint density at radius 1 is 1.06 bits per heavy atom. The Hall–Kier alpha value is -1.74. The van der Waals surface area contributed by atoms with Crippen LogP contribution in [0.5, 0.6) is 0 Å². The van der Waals surface area contributed by atoms with Crippen LogP contribution in [0.3, 0.4) is 0 Å². The molecule has 2 nitrogen and oxygen atoms in total. The number of nitrogens with one attached hydrogen (secondary N) is 1. The maximum atomic E-state index is 11.8. The lowest BCUT2D eigenvalue weighted by Crippen LogP contribution is -2.08. The molecule has 3 rings (SSSR count). The SMILES string of the molecule is CSC1C(=O)Nc2cc(-c3ccccc3)ccc21. The highest BCUT2D eigenvalue weighted by atomic mass is 32.2. The van der Waals surface area contributed by atoms with Crippen molar-refractivity contribution in [2.45, 2.75) is 5.25 Å². The largest absolute Gasteiger partial charge is 0.324 e. The van der Waals surface area contributed by atoms with Crippen molar-refractivity contribution in [3.63, 3.8) is 0 Å². The van der Waals surface area contributed by atoms with E-state index in [1.54, 1.807) is 11.8 Å². The van der Waals surface area contributed by atoms with Crippen molar-refractivity contribution in [3.05, 3.63) is 54.1 Å². The van der Waals surface area contributed by atoms with Crippen LogP contribution < -0.4 is 5.32 Å². The molecule has 1 atom stereocenters. The summed E-state index contributed by atoms with van der Waals surface area (Å²) in [6.45, 7) is 0. The predicted octanol–water partition coefficient (Wildman–Crippen LogP) is 3.71. The Balaban J connectivity index is 2.04. The number of hydrogen-bond donors (Lipinski definition) is 1. The molecular formula is C15H13NOS. The predicted molar refractivity (Wildman–Crippen MR) is 76.8 cm³/mol. The lowest BCUT2D eigenvalue weighted by molar-refractivity contribution is -0.115. The zero-order valence-electron chi connectivity index (χ0n) is 10.0. The number of amides is 1. The standard InChI is InChI=1S/C15H13NOS/c1-18-14-12-8-7-11(9-13(12)16-15(14)17)10-5-3-2-4-6-10/h2-9,14H,1H3,(H,16,17). The van der Waals surface area contributed by atoms with Gasteiger partial charge in [-0.2, -0.15) is 0 Å². The summed E-state index contributed by atoms with van der Waals surface area (Å²) >= 11 is 1.57. The summed E-state index contributed by atoms with van der Waals surface area (Å²) in [5.41, 5.74) is 4.34. The van der Waals surface area contributed by atoms with Gasteiger partial charge in [-0.1, -0.05) is 42.5 Å². The van der Waals surface area contributed by atoms with E-state index >= 15 is 0 Å². The molecule has 18 heavy (non-hydrogen) atoms. The smallest absolute Gasteiger partial charge is 0.242 e. The Bertz CT molecular complexity index is 595. The van der Waals surface area contributed by atoms with Crippen molar-refractivity contribution in [3.8, 4) is 11.1 Å². The summed E-state index contributed by atoms with van der Waals surface area (Å²) in [6, 6.07) is 16.4. The fourth-order valence-electron chi connectivity index (χ4n) is 2.28. The average molecular weight is 255 g/mol. The number of fused-ring (bicyclic) bond motifs is 1. The summed E-state index contributed by atoms with van der Waals surface area (Å²) in [7, 11) is 0. The quantitative estimate of drug-likeness (QED) is 0.886. The van der Waals surface area contributed by atoms with Crippen LogP contribution in [0.15, 0.2) is 48.5 Å². The highest BCUT2D eigenvalue weighted by Gasteiger charge is 2.29. The topological polar surface area (TPSA) is 29.1 Å². The molecule has 1 N–H and O–H groups in total. The molecule has 2 aromatic rings. The maximum absolute atomic E-state index is 11.8. The van der Waals surface area contributed by atoms with Gasteiger partial charge in [0.15, 0.2) is 0 Å². The van der Waals surface area contributed by atoms with Crippen molar-refractivity contribution >= 4 is 23.4 Å². The van der Waals surface area contributed by atoms with Crippen LogP contribution in [-0.4, -0.2) is 12.2 Å². The van der Waals surface area contributed by atoms with E-state index < -0.39 is 0 Å². The molecule has 0 aromatic heterocycles. The van der Waals surface area contributed by atoms with Gasteiger partial charge in [0.1, 0.15) is 5.25 Å². The Kier molecular flexibility index (Phi) is 2.84. The maximum Gasteiger partial charge on any atom is 0.242 e. The third-order valence-electron chi connectivity index (χ3n) is 3.17. The Labute approximate surface area is 110 Å². The van der Waals surface area contributed by atoms with Crippen LogP contribution in [0.25, 0.3) is 11.1 Å². The van der Waals surface area contributed by atoms with Gasteiger partial charge in [-0.25, -0.2) is 0 Å². The van der Waals surface area contributed by atoms with E-state index in [9.17, 15) is 4.79 Å². The number of benzene rings is 2. The molecule has 2 aromatic carbocycles. The van der Waals surface area contributed by atoms with Gasteiger partial charge in [-0.15, -0.1) is 11.8 Å². The second-order valence-corrected chi connectivity index (χ2v) is 5.22. The second kappa shape index (κ2) is 4.50. The van der Waals surface area contributed by atoms with E-state index in [0.717, 1.165) is 16.8 Å². The second-order valence-electron chi connectivity index (χ2n) is 4.27. The molecule has 0 saturated carbocycles. The molecule has 0 radical (unpaired) electrons. The molecule has 0 saturated heterocycles. The van der Waals surface area contributed by atoms with Crippen LogP contribution in [-0.2, 0) is 4.79 Å². The van der Waals surface area contributed by atoms with Crippen molar-refractivity contribution in [1.82, 2.24) is 0 Å². The monoisotopic (exact) mass is 255 g/mol. The summed E-state index contributed by atoms with van der Waals surface area (Å²) < 4.78 is 0. The van der Waals surface area contributed by atoms with Crippen molar-refractivity contribution < 1.29 is 4.79 Å². The van der Waals surface area contributed by atoms with Crippen LogP contribution in [0, 0.1) is 0 Å². The molecule has 0 spiro atoms. The summed E-state index contributed by atoms with van der Waals surface area (Å²) in [5, 5.41) is 2.88. The van der Waals surface area contributed by atoms with Gasteiger partial charge in [0.25, 0.3) is 0 Å². The van der Waals surface area contributed by atoms with E-state index in [4.69, 9.17) is 0 Å². The van der Waals surface area contributed by atoms with Gasteiger partial charge in [0.05, 0.1) is 0 Å². The number of thioether (sulfide) groups is 1. The summed E-state index contributed by atoms with van der Waals surface area (Å²) in [5.74, 6) is 0.0858. The number of hydrogen-bond acceptors (Lipinski definition) is 2. The van der Waals surface area contributed by atoms with E-state index in [-0.39, 0.29) is 11.2 Å². The van der Waals surface area contributed by atoms with Gasteiger partial charge < -0.3 is 5.32 Å². The Morgan fingerprint density at radius 3 is 2.56 bits per heavy atom. The van der Waals surface area contributed by atoms with Gasteiger partial charge in [0.2, 0.25) is 5.91 Å². The minimum absolute atomic E-state index is 0.0650. The van der Waals surface area contributed by atoms with E-state index in [1.807, 2.05) is 24.5 Å². The normalized spacial score (nSPS) is 17.4. The van der Waals surface area contributed by atoms with Crippen molar-refractivity contribution in [1.29, 1.82) is 0 Å². The molecule has 1 unspecified atom stereocenters. The number of rotatable bonds is 2. The van der Waals surface area contributed by atoms with Gasteiger partial charge in [-0.05, 0) is 29.0 Å². The Morgan fingerprint density at radius 2 is 1.83 bits per heavy atom. The molecule has 0 aliphatic carbocycles. The van der Waals surface area contributed by atoms with Crippen molar-refractivity contribution in [2.24, 2.45) is 0 Å². The zero-order chi connectivity index (χ0) is 12.5. The number of carbonyl (C=O) groups is 1. The average Bonchev–Trinajstić information content (AvgIpc) is 2.74. The highest BCUT2D eigenvalue weighted by Crippen LogP contribution is 2.40. The lowest BCUT2D eigenvalue weighted by Gasteiger charge is -2.06. The molecule has 3 heteroatoms. The van der Waals surface area contributed by atoms with Gasteiger partial charge in [-0.3, -0.25) is 4.79 Å². The molecule has 1 aliphatic heterocycles. The fourth-order valence-corrected chi connectivity index (χ4v) is 3.01. The summed E-state index contributed by atoms with van der Waals surface area (Å²) in [4.78, 5) is 11.8. The first kappa shape index (κ1) is 11.4. The van der Waals surface area contributed by atoms with Gasteiger partial charge in [0, 0.05) is 5.69 Å². The van der Waals surface area contributed by atoms with Gasteiger partial charge >= 0.3 is 0 Å². The fraction of sp³-hybridized carbons (Fsp3) is 0.133. The minimum atomic E-state index is -0.0650. The molecule has 1 aliphatic rings. The number of anilines is 1. The third kappa shape index (κ3) is 1.81. The van der Waals surface area contributed by atoms with Crippen LogP contribution in [0.2, 0.25) is 0 Å². The molecular weight excluding hydrogens is 242 g/mol. The van der Waals surface area contributed by atoms with Crippen LogP contribution in [0.1, 0.15) is 10.8 Å². The molecule has 1 heterocycles. The first-order valence-electron chi connectivity index (χ1n) is 5.82.